The minimum Gasteiger partial charge on any atom is -0.298 e. The van der Waals surface area contributed by atoms with Crippen LogP contribution in [0.4, 0.5) is 8.78 Å². The fourth-order valence-electron chi connectivity index (χ4n) is 1.45. The van der Waals surface area contributed by atoms with Gasteiger partial charge in [-0.25, -0.2) is 13.5 Å². The molecule has 1 aromatic carbocycles. The molecule has 0 bridgehead atoms. The first-order valence-corrected chi connectivity index (χ1v) is 5.99. The highest BCUT2D eigenvalue weighted by atomic mass is 79.9. The number of rotatable bonds is 3. The van der Waals surface area contributed by atoms with E-state index in [1.807, 2.05) is 0 Å². The molecule has 1 heterocycles. The topological polar surface area (TPSA) is 34.9 Å². The second kappa shape index (κ2) is 5.16. The summed E-state index contributed by atoms with van der Waals surface area (Å²) in [5.41, 5.74) is -0.397. The molecule has 0 aliphatic carbocycles. The van der Waals surface area contributed by atoms with Crippen LogP contribution in [-0.2, 0) is 0 Å². The van der Waals surface area contributed by atoms with Gasteiger partial charge in [0.2, 0.25) is 0 Å². The van der Waals surface area contributed by atoms with Crippen molar-refractivity contribution in [1.82, 2.24) is 9.78 Å². The summed E-state index contributed by atoms with van der Waals surface area (Å²) in [5, 5.41) is 3.55. The van der Waals surface area contributed by atoms with Crippen molar-refractivity contribution in [1.29, 1.82) is 0 Å². The first-order chi connectivity index (χ1) is 8.54. The number of benzene rings is 1. The molecule has 0 aliphatic rings. The van der Waals surface area contributed by atoms with Crippen LogP contribution in [0.15, 0.2) is 28.7 Å². The number of halogens is 4. The molecule has 0 N–H and O–H groups in total. The predicted molar refractivity (Wildman–Crippen MR) is 66.6 cm³/mol. The fraction of sp³-hybridized carbons (Fsp3) is 0.0909. The van der Waals surface area contributed by atoms with E-state index in [1.54, 1.807) is 24.3 Å². The van der Waals surface area contributed by atoms with Crippen molar-refractivity contribution in [3.63, 3.8) is 0 Å². The van der Waals surface area contributed by atoms with Gasteiger partial charge >= 0.3 is 0 Å². The molecule has 0 unspecified atom stereocenters. The molecule has 94 valence electrons. The lowest BCUT2D eigenvalue weighted by Crippen LogP contribution is -1.97. The Kier molecular flexibility index (Phi) is 3.77. The third-order valence-electron chi connectivity index (χ3n) is 2.29. The maximum absolute atomic E-state index is 12.7. The Hall–Kier alpha value is -1.27. The quantitative estimate of drug-likeness (QED) is 0.794. The van der Waals surface area contributed by atoms with Gasteiger partial charge in [0.15, 0.2) is 6.29 Å². The van der Waals surface area contributed by atoms with Crippen molar-refractivity contribution < 1.29 is 13.6 Å². The fourth-order valence-corrected chi connectivity index (χ4v) is 1.99. The van der Waals surface area contributed by atoms with Crippen LogP contribution in [0.2, 0.25) is 5.15 Å². The lowest BCUT2D eigenvalue weighted by atomic mass is 10.3. The molecule has 18 heavy (non-hydrogen) atoms. The highest BCUT2D eigenvalue weighted by Gasteiger charge is 2.23. The Bertz CT molecular complexity index is 583. The molecule has 0 saturated heterocycles. The highest BCUT2D eigenvalue weighted by molar-refractivity contribution is 9.10. The van der Waals surface area contributed by atoms with E-state index >= 15 is 0 Å². The molecule has 1 aromatic heterocycles. The molecule has 0 amide bonds. The molecule has 0 atom stereocenters. The molecule has 2 rings (SSSR count). The van der Waals surface area contributed by atoms with Gasteiger partial charge in [-0.2, -0.15) is 5.10 Å². The number of hydrogen-bond acceptors (Lipinski definition) is 2. The van der Waals surface area contributed by atoms with Gasteiger partial charge in [-0.3, -0.25) is 4.79 Å². The van der Waals surface area contributed by atoms with Crippen molar-refractivity contribution in [3.8, 4) is 5.69 Å². The lowest BCUT2D eigenvalue weighted by molar-refractivity contribution is 0.110. The molecule has 3 nitrogen and oxygen atoms in total. The van der Waals surface area contributed by atoms with Crippen LogP contribution < -0.4 is 0 Å². The van der Waals surface area contributed by atoms with E-state index in [0.717, 1.165) is 9.15 Å². The van der Waals surface area contributed by atoms with Gasteiger partial charge < -0.3 is 0 Å². The number of carbonyl (C=O) groups excluding carboxylic acids is 1. The first kappa shape index (κ1) is 13.2. The van der Waals surface area contributed by atoms with E-state index in [0.29, 0.717) is 5.69 Å². The number of alkyl halides is 2. The molecule has 2 aromatic rings. The average molecular weight is 336 g/mol. The second-order valence-electron chi connectivity index (χ2n) is 3.40. The minimum absolute atomic E-state index is 0.123. The van der Waals surface area contributed by atoms with Gasteiger partial charge in [-0.1, -0.05) is 27.5 Å². The molecule has 7 heteroatoms. The standard InChI is InChI=1S/C11H6BrClF2N2O/c12-6-1-3-7(4-2-6)17-10(13)8(5-18)9(16-17)11(14)15/h1-5,11H. The summed E-state index contributed by atoms with van der Waals surface area (Å²) in [6.07, 6.45) is -2.56. The molecule has 0 saturated carbocycles. The third kappa shape index (κ3) is 2.30. The highest BCUT2D eigenvalue weighted by Crippen LogP contribution is 2.29. The number of aromatic nitrogens is 2. The Morgan fingerprint density at radius 3 is 2.39 bits per heavy atom. The molecule has 0 aliphatic heterocycles. The van der Waals surface area contributed by atoms with E-state index in [9.17, 15) is 13.6 Å². The Balaban J connectivity index is 2.58. The summed E-state index contributed by atoms with van der Waals surface area (Å²) in [6, 6.07) is 6.73. The van der Waals surface area contributed by atoms with Gasteiger partial charge in [0.1, 0.15) is 10.8 Å². The lowest BCUT2D eigenvalue weighted by Gasteiger charge is -2.02. The monoisotopic (exact) mass is 334 g/mol. The van der Waals surface area contributed by atoms with Crippen molar-refractivity contribution in [2.75, 3.05) is 0 Å². The Morgan fingerprint density at radius 2 is 1.94 bits per heavy atom. The SMILES string of the molecule is O=Cc1c(C(F)F)nn(-c2ccc(Br)cc2)c1Cl. The zero-order valence-electron chi connectivity index (χ0n) is 8.78. The van der Waals surface area contributed by atoms with Crippen molar-refractivity contribution in [2.45, 2.75) is 6.43 Å². The number of hydrogen-bond donors (Lipinski definition) is 0. The van der Waals surface area contributed by atoms with E-state index in [-0.39, 0.29) is 17.0 Å². The van der Waals surface area contributed by atoms with Crippen LogP contribution >= 0.6 is 27.5 Å². The van der Waals surface area contributed by atoms with Crippen molar-refractivity contribution in [3.05, 3.63) is 45.1 Å². The number of aldehydes is 1. The zero-order chi connectivity index (χ0) is 13.3. The minimum atomic E-state index is -2.85. The largest absolute Gasteiger partial charge is 0.298 e. The van der Waals surface area contributed by atoms with E-state index in [4.69, 9.17) is 11.6 Å². The van der Waals surface area contributed by atoms with Crippen LogP contribution in [0.3, 0.4) is 0 Å². The summed E-state index contributed by atoms with van der Waals surface area (Å²) < 4.78 is 27.3. The van der Waals surface area contributed by atoms with Crippen molar-refractivity contribution >= 4 is 33.8 Å². The molecular formula is C11H6BrClF2N2O. The van der Waals surface area contributed by atoms with Gasteiger partial charge in [0, 0.05) is 4.47 Å². The van der Waals surface area contributed by atoms with Crippen LogP contribution in [0.1, 0.15) is 22.5 Å². The van der Waals surface area contributed by atoms with Crippen LogP contribution in [0.5, 0.6) is 0 Å². The average Bonchev–Trinajstić information content (AvgIpc) is 2.67. The number of nitrogens with zero attached hydrogens (tertiary/aromatic N) is 2. The normalized spacial score (nSPS) is 10.9. The first-order valence-electron chi connectivity index (χ1n) is 4.82. The Labute approximate surface area is 114 Å². The zero-order valence-corrected chi connectivity index (χ0v) is 11.1. The molecule has 0 radical (unpaired) electrons. The number of carbonyl (C=O) groups is 1. The smallest absolute Gasteiger partial charge is 0.282 e. The van der Waals surface area contributed by atoms with Crippen LogP contribution in [0, 0.1) is 0 Å². The maximum atomic E-state index is 12.7. The van der Waals surface area contributed by atoms with Gasteiger partial charge in [-0.05, 0) is 24.3 Å². The third-order valence-corrected chi connectivity index (χ3v) is 3.18. The summed E-state index contributed by atoms with van der Waals surface area (Å²) in [7, 11) is 0. The van der Waals surface area contributed by atoms with Crippen LogP contribution in [-0.4, -0.2) is 16.1 Å². The summed E-state index contributed by atoms with van der Waals surface area (Å²) >= 11 is 9.13. The van der Waals surface area contributed by atoms with E-state index in [1.165, 1.54) is 0 Å². The second-order valence-corrected chi connectivity index (χ2v) is 4.67. The van der Waals surface area contributed by atoms with Gasteiger partial charge in [0.05, 0.1) is 11.3 Å². The van der Waals surface area contributed by atoms with E-state index < -0.39 is 12.1 Å². The summed E-state index contributed by atoms with van der Waals surface area (Å²) in [6.45, 7) is 0. The predicted octanol–water partition coefficient (Wildman–Crippen LogP) is 4.04. The maximum Gasteiger partial charge on any atom is 0.282 e. The van der Waals surface area contributed by atoms with Crippen LogP contribution in [0.25, 0.3) is 5.69 Å². The summed E-state index contributed by atoms with van der Waals surface area (Å²) in [4.78, 5) is 10.8. The van der Waals surface area contributed by atoms with Gasteiger partial charge in [0.25, 0.3) is 6.43 Å². The van der Waals surface area contributed by atoms with Crippen molar-refractivity contribution in [2.24, 2.45) is 0 Å². The molecular weight excluding hydrogens is 329 g/mol. The van der Waals surface area contributed by atoms with Gasteiger partial charge in [-0.15, -0.1) is 0 Å². The molecule has 0 fully saturated rings. The Morgan fingerprint density at radius 1 is 1.33 bits per heavy atom. The summed E-state index contributed by atoms with van der Waals surface area (Å²) in [5.74, 6) is 0. The van der Waals surface area contributed by atoms with E-state index in [2.05, 4.69) is 21.0 Å². The molecule has 0 spiro atoms.